The molecule has 0 saturated carbocycles. The minimum atomic E-state index is -0.849. The zero-order valence-corrected chi connectivity index (χ0v) is 42.5. The number of aryl methyl sites for hydroxylation is 1. The molecule has 5 aromatic rings. The number of rotatable bonds is 20. The number of amides is 3. The molecule has 4 heterocycles. The van der Waals surface area contributed by atoms with E-state index in [2.05, 4.69) is 77.2 Å². The third kappa shape index (κ3) is 14.9. The van der Waals surface area contributed by atoms with Crippen LogP contribution in [-0.2, 0) is 48.0 Å². The Hall–Kier alpha value is -6.75. The molecular formula is C54H72N8O8. The fourth-order valence-electron chi connectivity index (χ4n) is 8.74. The zero-order valence-electron chi connectivity index (χ0n) is 42.5. The number of nitrogens with one attached hydrogen (secondary N) is 3. The molecule has 0 bridgehead atoms. The number of pyridine rings is 2. The lowest BCUT2D eigenvalue weighted by molar-refractivity contribution is -0.141. The van der Waals surface area contributed by atoms with Gasteiger partial charge in [0.1, 0.15) is 17.5 Å². The van der Waals surface area contributed by atoms with E-state index in [1.54, 1.807) is 42.6 Å². The summed E-state index contributed by atoms with van der Waals surface area (Å²) in [5, 5.41) is 19.3. The monoisotopic (exact) mass is 961 g/mol. The van der Waals surface area contributed by atoms with Gasteiger partial charge in [-0.15, -0.1) is 6.58 Å². The lowest BCUT2D eigenvalue weighted by Crippen LogP contribution is -2.58. The lowest BCUT2D eigenvalue weighted by atomic mass is 9.84. The van der Waals surface area contributed by atoms with E-state index >= 15 is 0 Å². The van der Waals surface area contributed by atoms with Gasteiger partial charge in [0.15, 0.2) is 6.29 Å². The predicted molar refractivity (Wildman–Crippen MR) is 275 cm³/mol. The highest BCUT2D eigenvalue weighted by Gasteiger charge is 2.33. The van der Waals surface area contributed by atoms with Crippen LogP contribution in [0.25, 0.3) is 33.3 Å². The molecule has 70 heavy (non-hydrogen) atoms. The van der Waals surface area contributed by atoms with Gasteiger partial charge in [0.2, 0.25) is 12.3 Å². The van der Waals surface area contributed by atoms with E-state index in [1.807, 2.05) is 58.8 Å². The topological polar surface area (TPSA) is 197 Å². The van der Waals surface area contributed by atoms with Gasteiger partial charge in [0.25, 0.3) is 12.4 Å². The minimum Gasteiger partial charge on any atom is -0.508 e. The molecule has 3 unspecified atom stereocenters. The van der Waals surface area contributed by atoms with Crippen molar-refractivity contribution in [1.29, 1.82) is 0 Å². The smallest absolute Gasteiger partial charge is 0.293 e. The highest BCUT2D eigenvalue weighted by atomic mass is 16.5. The molecule has 376 valence electrons. The Morgan fingerprint density at radius 3 is 2.34 bits per heavy atom. The van der Waals surface area contributed by atoms with Gasteiger partial charge in [-0.2, -0.15) is 0 Å². The number of nitrogens with zero attached hydrogens (tertiary/aromatic N) is 5. The number of methoxy groups -OCH3 is 1. The first-order chi connectivity index (χ1) is 33.5. The quantitative estimate of drug-likeness (QED) is 0.0435. The average molecular weight is 961 g/mol. The van der Waals surface area contributed by atoms with Crippen molar-refractivity contribution >= 4 is 47.6 Å². The van der Waals surface area contributed by atoms with Crippen LogP contribution in [0.1, 0.15) is 94.7 Å². The van der Waals surface area contributed by atoms with Crippen molar-refractivity contribution in [1.82, 2.24) is 35.2 Å². The normalized spacial score (nSPS) is 13.7. The maximum absolute atomic E-state index is 14.0. The highest BCUT2D eigenvalue weighted by Crippen LogP contribution is 2.42. The van der Waals surface area contributed by atoms with Crippen molar-refractivity contribution in [3.05, 3.63) is 108 Å². The number of ether oxygens (including phenoxy) is 2. The summed E-state index contributed by atoms with van der Waals surface area (Å²) in [7, 11) is 5.41. The second-order valence-electron chi connectivity index (χ2n) is 18.5. The summed E-state index contributed by atoms with van der Waals surface area (Å²) >= 11 is 0. The molecule has 1 fully saturated rings. The van der Waals surface area contributed by atoms with Crippen molar-refractivity contribution in [2.45, 2.75) is 98.9 Å². The van der Waals surface area contributed by atoms with Gasteiger partial charge in [-0.3, -0.25) is 43.8 Å². The zero-order chi connectivity index (χ0) is 51.5. The number of hydrazine groups is 1. The second-order valence-corrected chi connectivity index (χ2v) is 18.5. The number of allylic oxidation sites excluding steroid dienone is 1. The molecule has 16 heteroatoms. The van der Waals surface area contributed by atoms with E-state index in [0.717, 1.165) is 62.9 Å². The molecule has 3 aromatic heterocycles. The number of benzene rings is 2. The Labute approximate surface area is 412 Å². The fraction of sp³-hybridized carbons (Fsp3) is 0.426. The third-order valence-electron chi connectivity index (χ3n) is 11.8. The number of aromatic hydroxyl groups is 1. The van der Waals surface area contributed by atoms with Crippen LogP contribution in [0.5, 0.6) is 5.75 Å². The van der Waals surface area contributed by atoms with Gasteiger partial charge in [-0.25, -0.2) is 5.43 Å². The maximum Gasteiger partial charge on any atom is 0.293 e. The average Bonchev–Trinajstić information content (AvgIpc) is 3.64. The van der Waals surface area contributed by atoms with E-state index in [-0.39, 0.29) is 42.6 Å². The molecule has 1 saturated heterocycles. The molecule has 1 aliphatic rings. The summed E-state index contributed by atoms with van der Waals surface area (Å²) in [4.78, 5) is 69.4. The van der Waals surface area contributed by atoms with E-state index in [0.29, 0.717) is 56.6 Å². The molecule has 3 atom stereocenters. The van der Waals surface area contributed by atoms with Gasteiger partial charge < -0.3 is 29.8 Å². The molecule has 0 aliphatic carbocycles. The first-order valence-electron chi connectivity index (χ1n) is 23.7. The van der Waals surface area contributed by atoms with Crippen LogP contribution in [0.2, 0.25) is 0 Å². The highest BCUT2D eigenvalue weighted by molar-refractivity contribution is 5.95. The Balaban J connectivity index is 0.000000657. The molecule has 6 rings (SSSR count). The summed E-state index contributed by atoms with van der Waals surface area (Å²) in [5.41, 5.74) is 11.1. The number of anilines is 1. The largest absolute Gasteiger partial charge is 0.508 e. The van der Waals surface area contributed by atoms with Crippen molar-refractivity contribution < 1.29 is 38.6 Å². The number of carbonyl (C=O) groups is 5. The number of aromatic nitrogens is 3. The van der Waals surface area contributed by atoms with Gasteiger partial charge >= 0.3 is 0 Å². The van der Waals surface area contributed by atoms with Gasteiger partial charge in [0.05, 0.1) is 42.0 Å². The van der Waals surface area contributed by atoms with Crippen molar-refractivity contribution in [3.63, 3.8) is 0 Å². The van der Waals surface area contributed by atoms with Crippen LogP contribution in [0.4, 0.5) is 5.69 Å². The number of hydrogen-bond donors (Lipinski definition) is 4. The van der Waals surface area contributed by atoms with Crippen LogP contribution >= 0.6 is 0 Å². The van der Waals surface area contributed by atoms with Crippen molar-refractivity contribution in [2.24, 2.45) is 11.3 Å². The number of phenols is 1. The van der Waals surface area contributed by atoms with Crippen LogP contribution in [0, 0.1) is 11.3 Å². The molecule has 1 aliphatic heterocycles. The summed E-state index contributed by atoms with van der Waals surface area (Å²) in [6.07, 6.45) is 8.54. The summed E-state index contributed by atoms with van der Waals surface area (Å²) in [6.45, 7) is 20.2. The molecule has 0 spiro atoms. The summed E-state index contributed by atoms with van der Waals surface area (Å²) in [5.74, 6) is -0.330. The Kier molecular flexibility index (Phi) is 21.4. The predicted octanol–water partition coefficient (Wildman–Crippen LogP) is 7.94. The van der Waals surface area contributed by atoms with Crippen molar-refractivity contribution in [2.75, 3.05) is 46.2 Å². The van der Waals surface area contributed by atoms with E-state index in [1.165, 1.54) is 12.3 Å². The Morgan fingerprint density at radius 1 is 1.01 bits per heavy atom. The fourth-order valence-corrected chi connectivity index (χ4v) is 8.74. The maximum atomic E-state index is 14.0. The van der Waals surface area contributed by atoms with Gasteiger partial charge in [0, 0.05) is 61.2 Å². The Bertz CT molecular complexity index is 2520. The van der Waals surface area contributed by atoms with Crippen LogP contribution < -0.4 is 16.1 Å². The number of phenolic OH excluding ortho intramolecular Hbond substituents is 1. The Morgan fingerprint density at radius 2 is 1.76 bits per heavy atom. The number of carbonyl (C=O) groups excluding carboxylic acids is 5. The number of aldehydes is 1. The van der Waals surface area contributed by atoms with E-state index < -0.39 is 17.5 Å². The number of fused-ring (bicyclic) bond motifs is 1. The molecule has 4 N–H and O–H groups in total. The van der Waals surface area contributed by atoms with Gasteiger partial charge in [-0.05, 0) is 131 Å². The minimum absolute atomic E-state index is 0.0281. The van der Waals surface area contributed by atoms with Crippen LogP contribution in [0.15, 0.2) is 85.7 Å². The number of likely N-dealkylation sites (N-methyl/N-ethyl adjacent to an activating group) is 1. The lowest BCUT2D eigenvalue weighted by Gasteiger charge is -2.33. The molecule has 2 aromatic carbocycles. The van der Waals surface area contributed by atoms with Gasteiger partial charge in [-0.1, -0.05) is 45.9 Å². The molecule has 16 nitrogen and oxygen atoms in total. The standard InChI is InChI=1S/C44H60N6O6.C7H6N2O2.C3H6/c1-10-49-38-16-15-31(24-35(38)36(25-44(5,6)26-56-27-51)41(49)34-14-13-17-45-39(34)29(4)55-9)32-20-30(21-33(52)23-32)22-37(43(54)50-19-12-11-18-46-50)47-42(53)40(28(2)3)48(7)8;10-4-7-2-1-6(3-8-7)9-5-11;1-3-2/h13-17,20-21,23-24,27-29,37,40,46,52H,10-12,18-19,22,25-26H2,1-9H3,(H,47,53);1-5H,(H,9,11);3H,1H2,2H3. The van der Waals surface area contributed by atoms with Crippen LogP contribution in [0.3, 0.4) is 0 Å². The van der Waals surface area contributed by atoms with Crippen LogP contribution in [-0.4, -0.2) is 114 Å². The summed E-state index contributed by atoms with van der Waals surface area (Å²) < 4.78 is 13.4. The van der Waals surface area contributed by atoms with E-state index in [4.69, 9.17) is 14.5 Å². The first kappa shape index (κ1) is 55.8. The third-order valence-corrected chi connectivity index (χ3v) is 11.8. The van der Waals surface area contributed by atoms with E-state index in [9.17, 15) is 29.1 Å². The molecule has 0 radical (unpaired) electrons. The SMILES string of the molecule is C=CC.CCn1c(-c2cccnc2C(C)OC)c(CC(C)(C)COC=O)c2cc(-c3cc(O)cc(CC(NC(=O)C(C(C)C)N(C)C)C(=O)N4CCCCN4)c3)ccc21.O=CNc1ccc(C=O)nc1. The number of hydrogen-bond acceptors (Lipinski definition) is 12. The summed E-state index contributed by atoms with van der Waals surface area (Å²) in [6, 6.07) is 17.6. The first-order valence-corrected chi connectivity index (χ1v) is 23.7. The second kappa shape index (κ2) is 26.9. The molecule has 3 amide bonds. The van der Waals surface area contributed by atoms with Crippen molar-refractivity contribution in [3.8, 4) is 28.1 Å². The molecular weight excluding hydrogens is 889 g/mol.